The Balaban J connectivity index is 2.11. The van der Waals surface area contributed by atoms with Crippen molar-refractivity contribution in [2.45, 2.75) is 20.8 Å². The van der Waals surface area contributed by atoms with E-state index in [-0.39, 0.29) is 29.7 Å². The second-order valence-corrected chi connectivity index (χ2v) is 7.53. The van der Waals surface area contributed by atoms with E-state index in [1.807, 2.05) is 0 Å². The molecule has 0 radical (unpaired) electrons. The first-order valence-electron chi connectivity index (χ1n) is 7.52. The number of thioether (sulfide) groups is 1. The minimum Gasteiger partial charge on any atom is -0.322 e. The zero-order valence-electron chi connectivity index (χ0n) is 14.1. The lowest BCUT2D eigenvalue weighted by molar-refractivity contribution is -0.129. The first-order chi connectivity index (χ1) is 11.6. The van der Waals surface area contributed by atoms with Gasteiger partial charge < -0.3 is 5.32 Å². The molecule has 2 amide bonds. The number of nitrogens with one attached hydrogen (secondary N) is 1. The molecular weight excluding hydrogens is 350 g/mol. The molecule has 0 atom stereocenters. The predicted molar refractivity (Wildman–Crippen MR) is 91.7 cm³/mol. The van der Waals surface area contributed by atoms with Crippen LogP contribution >= 0.6 is 11.8 Å². The second kappa shape index (κ2) is 7.35. The SMILES string of the molecule is CC(C)(C)C(=O)/C=C1/SCC(=O)N1CC(=O)Nc1ccc(F)cc1F. The minimum absolute atomic E-state index is 0.126. The summed E-state index contributed by atoms with van der Waals surface area (Å²) >= 11 is 1.17. The number of carbonyl (C=O) groups is 3. The van der Waals surface area contributed by atoms with Gasteiger partial charge in [0.05, 0.1) is 16.5 Å². The van der Waals surface area contributed by atoms with Crippen molar-refractivity contribution >= 4 is 35.0 Å². The fourth-order valence-corrected chi connectivity index (χ4v) is 2.89. The van der Waals surface area contributed by atoms with Crippen LogP contribution in [0, 0.1) is 17.0 Å². The van der Waals surface area contributed by atoms with Crippen LogP contribution in [0.15, 0.2) is 29.3 Å². The summed E-state index contributed by atoms with van der Waals surface area (Å²) in [7, 11) is 0. The van der Waals surface area contributed by atoms with Crippen molar-refractivity contribution in [3.63, 3.8) is 0 Å². The van der Waals surface area contributed by atoms with Gasteiger partial charge in [-0.25, -0.2) is 8.78 Å². The highest BCUT2D eigenvalue weighted by Gasteiger charge is 2.31. The predicted octanol–water partition coefficient (Wildman–Crippen LogP) is 2.94. The summed E-state index contributed by atoms with van der Waals surface area (Å²) in [5.41, 5.74) is -0.785. The number of hydrogen-bond acceptors (Lipinski definition) is 4. The molecule has 1 N–H and O–H groups in total. The molecule has 1 aromatic carbocycles. The molecule has 0 bridgehead atoms. The van der Waals surface area contributed by atoms with E-state index >= 15 is 0 Å². The highest BCUT2D eigenvalue weighted by atomic mass is 32.2. The Morgan fingerprint density at radius 3 is 2.60 bits per heavy atom. The quantitative estimate of drug-likeness (QED) is 0.830. The Morgan fingerprint density at radius 2 is 2.00 bits per heavy atom. The number of nitrogens with zero attached hydrogens (tertiary/aromatic N) is 1. The van der Waals surface area contributed by atoms with E-state index < -0.39 is 23.0 Å². The van der Waals surface area contributed by atoms with Crippen LogP contribution in [-0.2, 0) is 14.4 Å². The van der Waals surface area contributed by atoms with Gasteiger partial charge in [-0.3, -0.25) is 19.3 Å². The molecule has 0 aliphatic carbocycles. The average Bonchev–Trinajstić information content (AvgIpc) is 2.82. The Kier molecular flexibility index (Phi) is 5.62. The van der Waals surface area contributed by atoms with Crippen LogP contribution in [-0.4, -0.2) is 34.8 Å². The van der Waals surface area contributed by atoms with Gasteiger partial charge in [-0.2, -0.15) is 0 Å². The monoisotopic (exact) mass is 368 g/mol. The van der Waals surface area contributed by atoms with E-state index in [1.165, 1.54) is 22.7 Å². The molecule has 2 rings (SSSR count). The second-order valence-electron chi connectivity index (χ2n) is 6.54. The van der Waals surface area contributed by atoms with Crippen LogP contribution in [0.25, 0.3) is 0 Å². The number of allylic oxidation sites excluding steroid dienone is 1. The van der Waals surface area contributed by atoms with Gasteiger partial charge in [0.15, 0.2) is 5.78 Å². The molecule has 8 heteroatoms. The number of halogens is 2. The lowest BCUT2D eigenvalue weighted by Crippen LogP contribution is -2.34. The molecule has 134 valence electrons. The van der Waals surface area contributed by atoms with E-state index in [2.05, 4.69) is 5.32 Å². The molecule has 0 aromatic heterocycles. The fourth-order valence-electron chi connectivity index (χ4n) is 1.95. The first kappa shape index (κ1) is 19.1. The zero-order chi connectivity index (χ0) is 18.8. The Labute approximate surface area is 148 Å². The van der Waals surface area contributed by atoms with Crippen molar-refractivity contribution in [1.29, 1.82) is 0 Å². The summed E-state index contributed by atoms with van der Waals surface area (Å²) in [5.74, 6) is -2.66. The first-order valence-corrected chi connectivity index (χ1v) is 8.50. The number of benzene rings is 1. The third-order valence-electron chi connectivity index (χ3n) is 3.41. The zero-order valence-corrected chi connectivity index (χ0v) is 14.9. The summed E-state index contributed by atoms with van der Waals surface area (Å²) in [4.78, 5) is 37.4. The normalized spacial score (nSPS) is 16.4. The Bertz CT molecular complexity index is 757. The summed E-state index contributed by atoms with van der Waals surface area (Å²) in [6, 6.07) is 2.77. The van der Waals surface area contributed by atoms with Gasteiger partial charge in [0.1, 0.15) is 18.2 Å². The molecule has 0 spiro atoms. The maximum atomic E-state index is 13.6. The molecule has 25 heavy (non-hydrogen) atoms. The molecule has 1 saturated heterocycles. The third kappa shape index (κ3) is 4.88. The van der Waals surface area contributed by atoms with E-state index in [1.54, 1.807) is 20.8 Å². The van der Waals surface area contributed by atoms with Crippen LogP contribution in [0.2, 0.25) is 0 Å². The maximum absolute atomic E-state index is 13.6. The van der Waals surface area contributed by atoms with E-state index in [0.717, 1.165) is 12.1 Å². The van der Waals surface area contributed by atoms with Crippen molar-refractivity contribution in [3.8, 4) is 0 Å². The average molecular weight is 368 g/mol. The van der Waals surface area contributed by atoms with Crippen LogP contribution in [0.4, 0.5) is 14.5 Å². The summed E-state index contributed by atoms with van der Waals surface area (Å²) < 4.78 is 26.5. The Hall–Kier alpha value is -2.22. The van der Waals surface area contributed by atoms with Crippen molar-refractivity contribution in [3.05, 3.63) is 40.9 Å². The number of carbonyl (C=O) groups excluding carboxylic acids is 3. The van der Waals surface area contributed by atoms with Gasteiger partial charge in [-0.1, -0.05) is 32.5 Å². The molecule has 1 aromatic rings. The molecule has 1 aliphatic rings. The molecular formula is C17H18F2N2O3S. The molecule has 0 unspecified atom stereocenters. The van der Waals surface area contributed by atoms with Gasteiger partial charge in [0.25, 0.3) is 0 Å². The highest BCUT2D eigenvalue weighted by molar-refractivity contribution is 8.04. The smallest absolute Gasteiger partial charge is 0.244 e. The largest absolute Gasteiger partial charge is 0.322 e. The van der Waals surface area contributed by atoms with Crippen LogP contribution in [0.3, 0.4) is 0 Å². The number of amides is 2. The van der Waals surface area contributed by atoms with E-state index in [4.69, 9.17) is 0 Å². The van der Waals surface area contributed by atoms with Crippen molar-refractivity contribution in [2.24, 2.45) is 5.41 Å². The minimum atomic E-state index is -0.908. The van der Waals surface area contributed by atoms with Gasteiger partial charge in [-0.05, 0) is 12.1 Å². The van der Waals surface area contributed by atoms with Gasteiger partial charge >= 0.3 is 0 Å². The topological polar surface area (TPSA) is 66.5 Å². The van der Waals surface area contributed by atoms with Crippen LogP contribution < -0.4 is 5.32 Å². The van der Waals surface area contributed by atoms with Gasteiger partial charge in [0.2, 0.25) is 11.8 Å². The summed E-state index contributed by atoms with van der Waals surface area (Å²) in [5, 5.41) is 2.68. The third-order valence-corrected chi connectivity index (χ3v) is 4.44. The van der Waals surface area contributed by atoms with Crippen LogP contribution in [0.5, 0.6) is 0 Å². The lowest BCUT2D eigenvalue weighted by atomic mass is 9.91. The molecule has 1 heterocycles. The highest BCUT2D eigenvalue weighted by Crippen LogP contribution is 2.30. The molecule has 1 fully saturated rings. The van der Waals surface area contributed by atoms with Crippen molar-refractivity contribution in [1.82, 2.24) is 4.90 Å². The number of hydrogen-bond donors (Lipinski definition) is 1. The number of ketones is 1. The Morgan fingerprint density at radius 1 is 1.32 bits per heavy atom. The van der Waals surface area contributed by atoms with Gasteiger partial charge in [-0.15, -0.1) is 0 Å². The summed E-state index contributed by atoms with van der Waals surface area (Å²) in [6.45, 7) is 4.90. The van der Waals surface area contributed by atoms with Crippen molar-refractivity contribution in [2.75, 3.05) is 17.6 Å². The van der Waals surface area contributed by atoms with E-state index in [9.17, 15) is 23.2 Å². The summed E-state index contributed by atoms with van der Waals surface area (Å²) in [6.07, 6.45) is 1.35. The lowest BCUT2D eigenvalue weighted by Gasteiger charge is -2.19. The number of anilines is 1. The molecule has 1 aliphatic heterocycles. The van der Waals surface area contributed by atoms with E-state index in [0.29, 0.717) is 11.1 Å². The van der Waals surface area contributed by atoms with Crippen molar-refractivity contribution < 1.29 is 23.2 Å². The standard InChI is InChI=1S/C17H18F2N2O3S/c1-17(2,3)13(22)7-16-21(15(24)9-25-16)8-14(23)20-12-5-4-10(18)6-11(12)19/h4-7H,8-9H2,1-3H3,(H,20,23)/b16-7+. The fraction of sp³-hybridized carbons (Fsp3) is 0.353. The molecule has 5 nitrogen and oxygen atoms in total. The maximum Gasteiger partial charge on any atom is 0.244 e. The van der Waals surface area contributed by atoms with Crippen LogP contribution in [0.1, 0.15) is 20.8 Å². The number of rotatable bonds is 4. The van der Waals surface area contributed by atoms with Gasteiger partial charge in [0, 0.05) is 17.6 Å². The molecule has 0 saturated carbocycles.